The van der Waals surface area contributed by atoms with Gasteiger partial charge in [-0.1, -0.05) is 0 Å². The predicted molar refractivity (Wildman–Crippen MR) is 84.3 cm³/mol. The fourth-order valence-corrected chi connectivity index (χ4v) is 3.11. The van der Waals surface area contributed by atoms with Crippen LogP contribution in [0.2, 0.25) is 0 Å². The molecule has 1 rings (SSSR count). The molecule has 0 heterocycles. The number of ether oxygens (including phenoxy) is 1. The van der Waals surface area contributed by atoms with E-state index in [-0.39, 0.29) is 16.5 Å². The average Bonchev–Trinajstić information content (AvgIpc) is 2.29. The summed E-state index contributed by atoms with van der Waals surface area (Å²) in [6.45, 7) is 6.08. The summed E-state index contributed by atoms with van der Waals surface area (Å²) in [7, 11) is -2.00. The molecule has 0 radical (unpaired) electrons. The highest BCUT2D eigenvalue weighted by molar-refractivity contribution is 9.10. The van der Waals surface area contributed by atoms with Gasteiger partial charge in [-0.2, -0.15) is 0 Å². The van der Waals surface area contributed by atoms with E-state index in [1.165, 1.54) is 12.1 Å². The number of nitrogens with two attached hydrogens (primary N) is 1. The SMILES string of the molecule is COC(C)(C)CC(C)Nc1ccc(S(N)(=O)=O)cc1Br. The first kappa shape index (κ1) is 17.4. The van der Waals surface area contributed by atoms with Gasteiger partial charge in [0.25, 0.3) is 0 Å². The van der Waals surface area contributed by atoms with Crippen LogP contribution in [0.5, 0.6) is 0 Å². The van der Waals surface area contributed by atoms with E-state index in [9.17, 15) is 8.42 Å². The minimum absolute atomic E-state index is 0.0831. The summed E-state index contributed by atoms with van der Waals surface area (Å²) in [5.41, 5.74) is 0.594. The van der Waals surface area contributed by atoms with Crippen LogP contribution in [0.25, 0.3) is 0 Å². The van der Waals surface area contributed by atoms with Crippen LogP contribution in [-0.4, -0.2) is 27.2 Å². The molecule has 0 fully saturated rings. The molecule has 5 nitrogen and oxygen atoms in total. The van der Waals surface area contributed by atoms with Crippen LogP contribution in [0, 0.1) is 0 Å². The Bertz CT molecular complexity index is 573. The van der Waals surface area contributed by atoms with Crippen LogP contribution in [0.4, 0.5) is 5.69 Å². The average molecular weight is 365 g/mol. The van der Waals surface area contributed by atoms with Crippen LogP contribution < -0.4 is 10.5 Å². The van der Waals surface area contributed by atoms with Crippen LogP contribution >= 0.6 is 15.9 Å². The van der Waals surface area contributed by atoms with Crippen molar-refractivity contribution in [2.45, 2.75) is 43.7 Å². The smallest absolute Gasteiger partial charge is 0.238 e. The van der Waals surface area contributed by atoms with E-state index >= 15 is 0 Å². The number of hydrogen-bond acceptors (Lipinski definition) is 4. The molecule has 0 aromatic heterocycles. The first-order chi connectivity index (χ1) is 9.05. The zero-order chi connectivity index (χ0) is 15.6. The van der Waals surface area contributed by atoms with E-state index in [0.29, 0.717) is 4.47 Å². The lowest BCUT2D eigenvalue weighted by Crippen LogP contribution is -2.31. The van der Waals surface area contributed by atoms with Crippen molar-refractivity contribution in [3.05, 3.63) is 22.7 Å². The topological polar surface area (TPSA) is 81.4 Å². The van der Waals surface area contributed by atoms with Crippen molar-refractivity contribution in [1.82, 2.24) is 0 Å². The van der Waals surface area contributed by atoms with Gasteiger partial charge in [-0.15, -0.1) is 0 Å². The van der Waals surface area contributed by atoms with Crippen molar-refractivity contribution in [2.75, 3.05) is 12.4 Å². The maximum Gasteiger partial charge on any atom is 0.238 e. The molecule has 1 atom stereocenters. The number of hydrogen-bond donors (Lipinski definition) is 2. The first-order valence-corrected chi connectivity index (χ1v) is 8.53. The highest BCUT2D eigenvalue weighted by Gasteiger charge is 2.20. The number of nitrogens with one attached hydrogen (secondary N) is 1. The van der Waals surface area contributed by atoms with E-state index in [4.69, 9.17) is 9.88 Å². The molecule has 0 aliphatic rings. The molecule has 1 aromatic rings. The molecule has 0 spiro atoms. The first-order valence-electron chi connectivity index (χ1n) is 6.19. The Labute approximate surface area is 129 Å². The zero-order valence-electron chi connectivity index (χ0n) is 12.1. The number of anilines is 1. The zero-order valence-corrected chi connectivity index (χ0v) is 14.5. The third-order valence-electron chi connectivity index (χ3n) is 3.02. The minimum Gasteiger partial charge on any atom is -0.382 e. The summed E-state index contributed by atoms with van der Waals surface area (Å²) in [6.07, 6.45) is 0.812. The summed E-state index contributed by atoms with van der Waals surface area (Å²) in [5.74, 6) is 0. The minimum atomic E-state index is -3.68. The fourth-order valence-electron chi connectivity index (χ4n) is 1.93. The van der Waals surface area contributed by atoms with Crippen molar-refractivity contribution < 1.29 is 13.2 Å². The molecule has 0 aliphatic heterocycles. The van der Waals surface area contributed by atoms with Gasteiger partial charge in [0.1, 0.15) is 0 Å². The van der Waals surface area contributed by atoms with Gasteiger partial charge in [0.05, 0.1) is 10.5 Å². The lowest BCUT2D eigenvalue weighted by Gasteiger charge is -2.28. The van der Waals surface area contributed by atoms with E-state index < -0.39 is 10.0 Å². The summed E-state index contributed by atoms with van der Waals surface area (Å²) in [5, 5.41) is 8.41. The van der Waals surface area contributed by atoms with Crippen LogP contribution in [-0.2, 0) is 14.8 Å². The fraction of sp³-hybridized carbons (Fsp3) is 0.538. The Balaban J connectivity index is 2.84. The Kier molecular flexibility index (Phi) is 5.60. The molecular formula is C13H21BrN2O3S. The van der Waals surface area contributed by atoms with Crippen molar-refractivity contribution in [3.8, 4) is 0 Å². The number of methoxy groups -OCH3 is 1. The Hall–Kier alpha value is -0.630. The quantitative estimate of drug-likeness (QED) is 0.812. The lowest BCUT2D eigenvalue weighted by atomic mass is 10.00. The summed E-state index contributed by atoms with van der Waals surface area (Å²) in [4.78, 5) is 0.0831. The van der Waals surface area contributed by atoms with Gasteiger partial charge in [0, 0.05) is 23.3 Å². The second-order valence-corrected chi connectivity index (χ2v) is 7.82. The largest absolute Gasteiger partial charge is 0.382 e. The molecule has 1 aromatic carbocycles. The van der Waals surface area contributed by atoms with Gasteiger partial charge < -0.3 is 10.1 Å². The number of benzene rings is 1. The Morgan fingerprint density at radius 3 is 2.50 bits per heavy atom. The molecule has 0 saturated carbocycles. The van der Waals surface area contributed by atoms with Crippen LogP contribution in [0.1, 0.15) is 27.2 Å². The maximum atomic E-state index is 11.3. The van der Waals surface area contributed by atoms with Gasteiger partial charge in [-0.05, 0) is 61.3 Å². The Morgan fingerprint density at radius 2 is 2.05 bits per heavy atom. The summed E-state index contributed by atoms with van der Waals surface area (Å²) >= 11 is 3.35. The summed E-state index contributed by atoms with van der Waals surface area (Å²) < 4.78 is 28.6. The van der Waals surface area contributed by atoms with Crippen molar-refractivity contribution in [2.24, 2.45) is 5.14 Å². The van der Waals surface area contributed by atoms with Gasteiger partial charge in [0.15, 0.2) is 0 Å². The molecule has 1 unspecified atom stereocenters. The van der Waals surface area contributed by atoms with Gasteiger partial charge >= 0.3 is 0 Å². The van der Waals surface area contributed by atoms with E-state index in [1.54, 1.807) is 13.2 Å². The highest BCUT2D eigenvalue weighted by Crippen LogP contribution is 2.27. The second kappa shape index (κ2) is 6.43. The van der Waals surface area contributed by atoms with E-state index in [0.717, 1.165) is 12.1 Å². The molecule has 0 aliphatic carbocycles. The van der Waals surface area contributed by atoms with Crippen molar-refractivity contribution in [1.29, 1.82) is 0 Å². The highest BCUT2D eigenvalue weighted by atomic mass is 79.9. The standard InChI is InChI=1S/C13H21BrN2O3S/c1-9(8-13(2,3)19-4)16-12-6-5-10(7-11(12)14)20(15,17)18/h5-7,9,16H,8H2,1-4H3,(H2,15,17,18). The van der Waals surface area contributed by atoms with Crippen LogP contribution in [0.15, 0.2) is 27.6 Å². The molecular weight excluding hydrogens is 344 g/mol. The Morgan fingerprint density at radius 1 is 1.45 bits per heavy atom. The molecule has 0 bridgehead atoms. The third kappa shape index (κ3) is 5.05. The van der Waals surface area contributed by atoms with Gasteiger partial charge in [0.2, 0.25) is 10.0 Å². The van der Waals surface area contributed by atoms with E-state index in [1.807, 2.05) is 20.8 Å². The predicted octanol–water partition coefficient (Wildman–Crippen LogP) is 2.71. The molecule has 7 heteroatoms. The molecule has 3 N–H and O–H groups in total. The van der Waals surface area contributed by atoms with Gasteiger partial charge in [-0.3, -0.25) is 0 Å². The molecule has 0 amide bonds. The number of sulfonamides is 1. The third-order valence-corrected chi connectivity index (χ3v) is 4.59. The second-order valence-electron chi connectivity index (χ2n) is 5.40. The van der Waals surface area contributed by atoms with Crippen LogP contribution in [0.3, 0.4) is 0 Å². The lowest BCUT2D eigenvalue weighted by molar-refractivity contribution is 0.0128. The maximum absolute atomic E-state index is 11.3. The normalized spacial score (nSPS) is 14.1. The molecule has 0 saturated heterocycles. The van der Waals surface area contributed by atoms with Gasteiger partial charge in [-0.25, -0.2) is 13.6 Å². The number of primary sulfonamides is 1. The number of halogens is 1. The molecule has 20 heavy (non-hydrogen) atoms. The number of rotatable bonds is 6. The monoisotopic (exact) mass is 364 g/mol. The van der Waals surface area contributed by atoms with E-state index in [2.05, 4.69) is 21.2 Å². The van der Waals surface area contributed by atoms with Crippen molar-refractivity contribution >= 4 is 31.6 Å². The molecule has 114 valence electrons. The van der Waals surface area contributed by atoms with Crippen molar-refractivity contribution in [3.63, 3.8) is 0 Å². The summed E-state index contributed by atoms with van der Waals surface area (Å²) in [6, 6.07) is 4.84.